The number of furan rings is 1. The summed E-state index contributed by atoms with van der Waals surface area (Å²) in [5, 5.41) is 4.82. The highest BCUT2D eigenvalue weighted by Gasteiger charge is 2.15. The van der Waals surface area contributed by atoms with Crippen LogP contribution in [0.15, 0.2) is 168 Å². The first kappa shape index (κ1) is 31.5. The number of nitrogens with one attached hydrogen (secondary N) is 1. The molecule has 47 heavy (non-hydrogen) atoms. The van der Waals surface area contributed by atoms with Gasteiger partial charge in [-0.1, -0.05) is 159 Å². The van der Waals surface area contributed by atoms with Crippen molar-refractivity contribution < 1.29 is 4.42 Å². The molecule has 0 fully saturated rings. The van der Waals surface area contributed by atoms with E-state index in [1.807, 2.05) is 44.2 Å². The van der Waals surface area contributed by atoms with Crippen molar-refractivity contribution in [1.29, 1.82) is 0 Å². The molecule has 0 amide bonds. The monoisotopic (exact) mass is 612 g/mol. The summed E-state index contributed by atoms with van der Waals surface area (Å²) in [6, 6.07) is 57.6. The summed E-state index contributed by atoms with van der Waals surface area (Å²) in [4.78, 5) is 0. The lowest BCUT2D eigenvalue weighted by Crippen LogP contribution is -2.20. The Balaban J connectivity index is 0.000000303. The summed E-state index contributed by atoms with van der Waals surface area (Å²) in [7, 11) is 0. The zero-order chi connectivity index (χ0) is 32.4. The summed E-state index contributed by atoms with van der Waals surface area (Å²) in [5.74, 6) is 5.11. The van der Waals surface area contributed by atoms with Crippen molar-refractivity contribution >= 4 is 32.7 Å². The van der Waals surface area contributed by atoms with Gasteiger partial charge in [-0.2, -0.15) is 0 Å². The second-order valence-electron chi connectivity index (χ2n) is 11.3. The topological polar surface area (TPSA) is 51.2 Å². The van der Waals surface area contributed by atoms with Crippen LogP contribution in [0.2, 0.25) is 0 Å². The largest absolute Gasteiger partial charge is 0.456 e. The highest BCUT2D eigenvalue weighted by atomic mass is 16.3. The molecule has 0 saturated carbocycles. The van der Waals surface area contributed by atoms with E-state index in [4.69, 9.17) is 10.3 Å². The van der Waals surface area contributed by atoms with E-state index in [1.54, 1.807) is 0 Å². The van der Waals surface area contributed by atoms with Crippen molar-refractivity contribution in [1.82, 2.24) is 5.43 Å². The average molecular weight is 613 g/mol. The van der Waals surface area contributed by atoms with Crippen LogP contribution in [0.4, 0.5) is 0 Å². The Kier molecular flexibility index (Phi) is 10.2. The van der Waals surface area contributed by atoms with Crippen molar-refractivity contribution in [2.45, 2.75) is 26.8 Å². The molecule has 0 aliphatic rings. The van der Waals surface area contributed by atoms with Gasteiger partial charge in [-0.05, 0) is 74.3 Å². The highest BCUT2D eigenvalue weighted by Crippen LogP contribution is 2.40. The molecule has 0 spiro atoms. The van der Waals surface area contributed by atoms with Crippen LogP contribution in [0.1, 0.15) is 30.5 Å². The van der Waals surface area contributed by atoms with Gasteiger partial charge < -0.3 is 4.42 Å². The molecule has 232 valence electrons. The van der Waals surface area contributed by atoms with Gasteiger partial charge in [0.05, 0.1) is 0 Å². The molecular formula is C44H40N2O. The summed E-state index contributed by atoms with van der Waals surface area (Å²) in [6.45, 7) is 4.74. The maximum atomic E-state index is 6.31. The molecule has 7 aromatic carbocycles. The fraction of sp³-hybridized carbons (Fsp3) is 0.0909. The predicted octanol–water partition coefficient (Wildman–Crippen LogP) is 11.3. The third-order valence-electron chi connectivity index (χ3n) is 8.22. The van der Waals surface area contributed by atoms with Crippen molar-refractivity contribution in [3.63, 3.8) is 0 Å². The molecular weight excluding hydrogens is 572 g/mol. The first-order valence-corrected chi connectivity index (χ1v) is 16.3. The van der Waals surface area contributed by atoms with Gasteiger partial charge in [-0.3, -0.25) is 11.3 Å². The van der Waals surface area contributed by atoms with E-state index in [9.17, 15) is 0 Å². The lowest BCUT2D eigenvalue weighted by molar-refractivity contribution is 0.669. The van der Waals surface area contributed by atoms with E-state index < -0.39 is 0 Å². The quantitative estimate of drug-likeness (QED) is 0.145. The van der Waals surface area contributed by atoms with E-state index in [0.717, 1.165) is 24.1 Å². The maximum Gasteiger partial charge on any atom is 0.136 e. The van der Waals surface area contributed by atoms with Crippen LogP contribution in [-0.4, -0.2) is 0 Å². The Bertz CT molecular complexity index is 2200. The fourth-order valence-corrected chi connectivity index (χ4v) is 6.10. The van der Waals surface area contributed by atoms with Gasteiger partial charge in [0.2, 0.25) is 0 Å². The van der Waals surface area contributed by atoms with Crippen LogP contribution in [0, 0.1) is 0 Å². The van der Waals surface area contributed by atoms with E-state index in [-0.39, 0.29) is 0 Å². The van der Waals surface area contributed by atoms with Crippen LogP contribution < -0.4 is 11.3 Å². The molecule has 1 heterocycles. The van der Waals surface area contributed by atoms with Gasteiger partial charge in [0.25, 0.3) is 0 Å². The van der Waals surface area contributed by atoms with Gasteiger partial charge in [0.1, 0.15) is 11.2 Å². The zero-order valence-electron chi connectivity index (χ0n) is 27.0. The summed E-state index contributed by atoms with van der Waals surface area (Å²) < 4.78 is 6.31. The maximum absolute atomic E-state index is 6.31. The molecule has 3 heteroatoms. The Morgan fingerprint density at radius 2 is 1.09 bits per heavy atom. The first-order chi connectivity index (χ1) is 23.3. The number of nitrogens with two attached hydrogens (primary N) is 1. The number of rotatable bonds is 6. The van der Waals surface area contributed by atoms with E-state index in [2.05, 4.69) is 139 Å². The Hall–Kier alpha value is -5.48. The molecule has 0 unspecified atom stereocenters. The molecule has 0 saturated heterocycles. The molecule has 3 nitrogen and oxygen atoms in total. The molecule has 0 bridgehead atoms. The number of hydrogen-bond acceptors (Lipinski definition) is 3. The van der Waals surface area contributed by atoms with Crippen LogP contribution in [0.5, 0.6) is 0 Å². The van der Waals surface area contributed by atoms with Crippen molar-refractivity contribution in [2.24, 2.45) is 5.84 Å². The molecule has 0 atom stereocenters. The summed E-state index contributed by atoms with van der Waals surface area (Å²) in [5.41, 5.74) is 13.1. The number of hydrazine groups is 1. The van der Waals surface area contributed by atoms with Crippen molar-refractivity contribution in [3.8, 4) is 22.3 Å². The Labute approximate surface area is 277 Å². The van der Waals surface area contributed by atoms with Crippen LogP contribution in [0.25, 0.3) is 55.0 Å². The van der Waals surface area contributed by atoms with E-state index >= 15 is 0 Å². The Morgan fingerprint density at radius 3 is 1.85 bits per heavy atom. The van der Waals surface area contributed by atoms with Crippen LogP contribution in [-0.2, 0) is 13.0 Å². The second-order valence-corrected chi connectivity index (χ2v) is 11.3. The smallest absolute Gasteiger partial charge is 0.136 e. The normalized spacial score (nSPS) is 10.7. The molecule has 1 aromatic heterocycles. The predicted molar refractivity (Wildman–Crippen MR) is 200 cm³/mol. The third kappa shape index (κ3) is 7.18. The van der Waals surface area contributed by atoms with Crippen molar-refractivity contribution in [2.75, 3.05) is 0 Å². The SMILES string of the molecule is CC.NNCc1ccccc1.c1ccc(Cc2cccc(-c3cccc(-c4cccc5oc6ccc7ccccc7c6c45)c3)c2)cc1. The minimum Gasteiger partial charge on any atom is -0.456 e. The van der Waals surface area contributed by atoms with Crippen LogP contribution >= 0.6 is 0 Å². The molecule has 0 aliphatic heterocycles. The third-order valence-corrected chi connectivity index (χ3v) is 8.22. The second kappa shape index (κ2) is 15.2. The van der Waals surface area contributed by atoms with Crippen LogP contribution in [0.3, 0.4) is 0 Å². The van der Waals surface area contributed by atoms with E-state index in [1.165, 1.54) is 60.5 Å². The van der Waals surface area contributed by atoms with Gasteiger partial charge >= 0.3 is 0 Å². The molecule has 0 radical (unpaired) electrons. The zero-order valence-corrected chi connectivity index (χ0v) is 27.0. The molecule has 3 N–H and O–H groups in total. The number of fused-ring (bicyclic) bond motifs is 5. The highest BCUT2D eigenvalue weighted by molar-refractivity contribution is 6.22. The summed E-state index contributed by atoms with van der Waals surface area (Å²) in [6.07, 6.45) is 0.932. The first-order valence-electron chi connectivity index (χ1n) is 16.3. The molecule has 8 rings (SSSR count). The van der Waals surface area contributed by atoms with Gasteiger partial charge in [-0.15, -0.1) is 0 Å². The minimum absolute atomic E-state index is 0.737. The summed E-state index contributed by atoms with van der Waals surface area (Å²) >= 11 is 0. The minimum atomic E-state index is 0.737. The van der Waals surface area contributed by atoms with Gasteiger partial charge in [0, 0.05) is 17.3 Å². The fourth-order valence-electron chi connectivity index (χ4n) is 6.10. The van der Waals surface area contributed by atoms with Crippen molar-refractivity contribution in [3.05, 3.63) is 180 Å². The van der Waals surface area contributed by atoms with E-state index in [0.29, 0.717) is 0 Å². The number of hydrogen-bond donors (Lipinski definition) is 2. The lowest BCUT2D eigenvalue weighted by Gasteiger charge is -2.10. The lowest BCUT2D eigenvalue weighted by atomic mass is 9.93. The molecule has 8 aromatic rings. The van der Waals surface area contributed by atoms with Gasteiger partial charge in [0.15, 0.2) is 0 Å². The average Bonchev–Trinajstić information content (AvgIpc) is 3.54. The standard InChI is InChI=1S/C35H24O.C7H10N2.C2H6/c1-2-9-24(10-3-1)21-25-11-6-13-27(22-25)28-14-7-15-29(23-28)31-17-8-18-32-35(31)34-30-16-5-4-12-26(30)19-20-33(34)36-32;8-9-6-7-4-2-1-3-5-7;1-2/h1-20,22-23H,21H2;1-5,9H,6,8H2;1-2H3. The number of benzene rings is 7. The van der Waals surface area contributed by atoms with Gasteiger partial charge in [-0.25, -0.2) is 0 Å². The Morgan fingerprint density at radius 1 is 0.489 bits per heavy atom. The molecule has 0 aliphatic carbocycles.